The van der Waals surface area contributed by atoms with Crippen molar-refractivity contribution in [2.24, 2.45) is 5.92 Å². The van der Waals surface area contributed by atoms with E-state index in [1.54, 1.807) is 24.3 Å². The highest BCUT2D eigenvalue weighted by atomic mass is 19.4. The van der Waals surface area contributed by atoms with Crippen molar-refractivity contribution in [1.82, 2.24) is 0 Å². The number of ether oxygens (including phenoxy) is 1. The molecule has 0 saturated heterocycles. The second-order valence-electron chi connectivity index (χ2n) is 9.09. The van der Waals surface area contributed by atoms with E-state index < -0.39 is 60.5 Å². The summed E-state index contributed by atoms with van der Waals surface area (Å²) < 4.78 is 180. The lowest BCUT2D eigenvalue weighted by atomic mass is 9.74. The van der Waals surface area contributed by atoms with E-state index in [-0.39, 0.29) is 12.8 Å². The maximum Gasteiger partial charge on any atom is 0.460 e. The predicted octanol–water partition coefficient (Wildman–Crippen LogP) is 9.27. The minimum absolute atomic E-state index is 0.270. The standard InChI is InChI=1S/C23H25F13O/c1-2-3-4-13-37-17-11-7-15(8-12-17)14-5-9-16(10-6-14)18(24,25)19(26,27)20(28,29)21(30,31)22(32,33)23(34,35)36/h7-8,11-12,14,16H,2-6,9-10,13H2,1H3/t14-,16-. The van der Waals surface area contributed by atoms with Gasteiger partial charge in [0.2, 0.25) is 0 Å². The Balaban J connectivity index is 2.14. The van der Waals surface area contributed by atoms with Crippen molar-refractivity contribution in [1.29, 1.82) is 0 Å². The first-order valence-electron chi connectivity index (χ1n) is 11.4. The van der Waals surface area contributed by atoms with Crippen LogP contribution in [0.5, 0.6) is 5.75 Å². The van der Waals surface area contributed by atoms with E-state index in [1.807, 2.05) is 6.92 Å². The lowest BCUT2D eigenvalue weighted by Gasteiger charge is -2.43. The van der Waals surface area contributed by atoms with Gasteiger partial charge in [0.15, 0.2) is 0 Å². The molecule has 0 bridgehead atoms. The van der Waals surface area contributed by atoms with Gasteiger partial charge < -0.3 is 4.74 Å². The summed E-state index contributed by atoms with van der Waals surface area (Å²) >= 11 is 0. The molecule has 0 radical (unpaired) electrons. The molecule has 1 nitrogen and oxygen atoms in total. The van der Waals surface area contributed by atoms with Gasteiger partial charge in [0.1, 0.15) is 5.75 Å². The van der Waals surface area contributed by atoms with Gasteiger partial charge in [-0.2, -0.15) is 57.1 Å². The average Bonchev–Trinajstić information content (AvgIpc) is 2.81. The Bertz CT molecular complexity index is 870. The van der Waals surface area contributed by atoms with Crippen LogP contribution in [-0.2, 0) is 0 Å². The maximum atomic E-state index is 14.4. The van der Waals surface area contributed by atoms with Gasteiger partial charge in [-0.15, -0.1) is 0 Å². The fourth-order valence-corrected chi connectivity index (χ4v) is 4.21. The SMILES string of the molecule is CCCCCOc1ccc([C@H]2CC[C@H](C(F)(F)C(F)(F)C(F)(F)C(F)(F)C(F)(F)C(F)(F)F)CC2)cc1. The van der Waals surface area contributed by atoms with Crippen LogP contribution < -0.4 is 4.74 Å². The van der Waals surface area contributed by atoms with Gasteiger partial charge in [0, 0.05) is 5.92 Å². The Labute approximate surface area is 204 Å². The Kier molecular flexibility index (Phi) is 9.06. The molecule has 1 aromatic carbocycles. The second-order valence-corrected chi connectivity index (χ2v) is 9.09. The molecule has 1 aliphatic rings. The van der Waals surface area contributed by atoms with E-state index >= 15 is 0 Å². The molecule has 1 aromatic rings. The predicted molar refractivity (Wildman–Crippen MR) is 107 cm³/mol. The fourth-order valence-electron chi connectivity index (χ4n) is 4.21. The molecule has 0 spiro atoms. The summed E-state index contributed by atoms with van der Waals surface area (Å²) in [7, 11) is 0. The highest BCUT2D eigenvalue weighted by molar-refractivity contribution is 5.30. The van der Waals surface area contributed by atoms with Gasteiger partial charge >= 0.3 is 35.8 Å². The van der Waals surface area contributed by atoms with Crippen LogP contribution >= 0.6 is 0 Å². The number of hydrogen-bond donors (Lipinski definition) is 0. The van der Waals surface area contributed by atoms with E-state index in [2.05, 4.69) is 0 Å². The molecule has 0 atom stereocenters. The van der Waals surface area contributed by atoms with E-state index in [1.165, 1.54) is 0 Å². The van der Waals surface area contributed by atoms with Crippen LogP contribution in [0.4, 0.5) is 57.1 Å². The van der Waals surface area contributed by atoms with Crippen LogP contribution in [-0.4, -0.2) is 42.4 Å². The van der Waals surface area contributed by atoms with Gasteiger partial charge in [-0.3, -0.25) is 0 Å². The molecular weight excluding hydrogens is 539 g/mol. The molecule has 0 amide bonds. The van der Waals surface area contributed by atoms with Crippen LogP contribution in [0, 0.1) is 5.92 Å². The van der Waals surface area contributed by atoms with Crippen molar-refractivity contribution in [2.45, 2.75) is 93.6 Å². The molecule has 1 fully saturated rings. The smallest absolute Gasteiger partial charge is 0.460 e. The number of hydrogen-bond acceptors (Lipinski definition) is 1. The van der Waals surface area contributed by atoms with Gasteiger partial charge in [0.25, 0.3) is 0 Å². The van der Waals surface area contributed by atoms with Crippen molar-refractivity contribution in [3.8, 4) is 5.75 Å². The second kappa shape index (κ2) is 10.7. The van der Waals surface area contributed by atoms with Crippen molar-refractivity contribution < 1.29 is 61.8 Å². The highest BCUT2D eigenvalue weighted by Gasteiger charge is 2.91. The molecule has 0 aliphatic heterocycles. The first kappa shape index (κ1) is 31.3. The first-order chi connectivity index (χ1) is 16.8. The van der Waals surface area contributed by atoms with Crippen LogP contribution in [0.1, 0.15) is 63.4 Å². The average molecular weight is 564 g/mol. The fraction of sp³-hybridized carbons (Fsp3) is 0.739. The molecule has 1 saturated carbocycles. The Morgan fingerprint density at radius 2 is 1.14 bits per heavy atom. The van der Waals surface area contributed by atoms with Gasteiger partial charge in [-0.1, -0.05) is 31.9 Å². The summed E-state index contributed by atoms with van der Waals surface area (Å²) in [6.07, 6.45) is -6.96. The van der Waals surface area contributed by atoms with Crippen molar-refractivity contribution in [3.05, 3.63) is 29.8 Å². The number of unbranched alkanes of at least 4 members (excludes halogenated alkanes) is 2. The van der Waals surface area contributed by atoms with Crippen LogP contribution in [0.15, 0.2) is 24.3 Å². The molecule has 0 aromatic heterocycles. The minimum Gasteiger partial charge on any atom is -0.494 e. The summed E-state index contributed by atoms with van der Waals surface area (Å²) in [6.45, 7) is 2.47. The zero-order chi connectivity index (χ0) is 28.5. The molecule has 1 aliphatic carbocycles. The summed E-state index contributed by atoms with van der Waals surface area (Å²) in [5.74, 6) is -39.2. The topological polar surface area (TPSA) is 9.23 Å². The van der Waals surface area contributed by atoms with Crippen molar-refractivity contribution in [2.75, 3.05) is 6.61 Å². The third-order valence-corrected chi connectivity index (χ3v) is 6.57. The monoisotopic (exact) mass is 564 g/mol. The van der Waals surface area contributed by atoms with Crippen molar-refractivity contribution >= 4 is 0 Å². The number of rotatable bonds is 11. The van der Waals surface area contributed by atoms with Gasteiger partial charge in [0.05, 0.1) is 6.61 Å². The molecule has 2 rings (SSSR count). The third kappa shape index (κ3) is 5.62. The molecule has 0 unspecified atom stereocenters. The van der Waals surface area contributed by atoms with Gasteiger partial charge in [-0.25, -0.2) is 0 Å². The van der Waals surface area contributed by atoms with E-state index in [9.17, 15) is 57.1 Å². The van der Waals surface area contributed by atoms with E-state index in [0.29, 0.717) is 17.9 Å². The maximum absolute atomic E-state index is 14.4. The molecule has 14 heteroatoms. The minimum atomic E-state index is -7.86. The van der Waals surface area contributed by atoms with Gasteiger partial charge in [-0.05, 0) is 55.7 Å². The van der Waals surface area contributed by atoms with Crippen LogP contribution in [0.25, 0.3) is 0 Å². The molecule has 37 heavy (non-hydrogen) atoms. The summed E-state index contributed by atoms with van der Waals surface area (Å²) in [4.78, 5) is 0. The molecular formula is C23H25F13O. The van der Waals surface area contributed by atoms with Crippen molar-refractivity contribution in [3.63, 3.8) is 0 Å². The zero-order valence-electron chi connectivity index (χ0n) is 19.4. The van der Waals surface area contributed by atoms with E-state index in [4.69, 9.17) is 4.74 Å². The Morgan fingerprint density at radius 3 is 1.59 bits per heavy atom. The molecule has 214 valence electrons. The number of alkyl halides is 13. The lowest BCUT2D eigenvalue weighted by Crippen LogP contribution is -2.71. The summed E-state index contributed by atoms with van der Waals surface area (Å²) in [6, 6.07) is 6.33. The summed E-state index contributed by atoms with van der Waals surface area (Å²) in [5.41, 5.74) is 0.580. The normalized spacial score (nSPS) is 20.7. The number of halogens is 13. The Hall–Kier alpha value is -1.89. The van der Waals surface area contributed by atoms with Crippen LogP contribution in [0.3, 0.4) is 0 Å². The highest BCUT2D eigenvalue weighted by Crippen LogP contribution is 2.62. The number of benzene rings is 1. The quantitative estimate of drug-likeness (QED) is 0.192. The zero-order valence-corrected chi connectivity index (χ0v) is 19.4. The van der Waals surface area contributed by atoms with Crippen LogP contribution in [0.2, 0.25) is 0 Å². The molecule has 0 heterocycles. The molecule has 0 N–H and O–H groups in total. The van der Waals surface area contributed by atoms with E-state index in [0.717, 1.165) is 19.3 Å². The third-order valence-electron chi connectivity index (χ3n) is 6.57. The lowest BCUT2D eigenvalue weighted by molar-refractivity contribution is -0.443. The largest absolute Gasteiger partial charge is 0.494 e. The Morgan fingerprint density at radius 1 is 0.649 bits per heavy atom. The summed E-state index contributed by atoms with van der Waals surface area (Å²) in [5, 5.41) is 0. The first-order valence-corrected chi connectivity index (χ1v) is 11.4.